The predicted octanol–water partition coefficient (Wildman–Crippen LogP) is 4.07. The maximum atomic E-state index is 13.0. The van der Waals surface area contributed by atoms with Crippen LogP contribution in [0.1, 0.15) is 46.6 Å². The highest BCUT2D eigenvalue weighted by atomic mass is 35.5. The van der Waals surface area contributed by atoms with Gasteiger partial charge in [0.25, 0.3) is 5.91 Å². The molecule has 2 N–H and O–H groups in total. The third-order valence-corrected chi connectivity index (χ3v) is 6.55. The summed E-state index contributed by atoms with van der Waals surface area (Å²) in [6.07, 6.45) is 5.04. The SMILES string of the molecule is COc1ccc(Cl)cc1C(=O)N1CCc2nc(NC(=O)NC3CCCC3)sc2C1. The molecule has 0 atom stereocenters. The van der Waals surface area contributed by atoms with Crippen molar-refractivity contribution in [2.75, 3.05) is 19.0 Å². The van der Waals surface area contributed by atoms with Gasteiger partial charge in [0.1, 0.15) is 5.75 Å². The molecular formula is C20H23ClN4O3S. The minimum atomic E-state index is -0.209. The summed E-state index contributed by atoms with van der Waals surface area (Å²) in [5.41, 5.74) is 1.38. The molecule has 0 radical (unpaired) electrons. The molecule has 1 aromatic carbocycles. The molecule has 29 heavy (non-hydrogen) atoms. The van der Waals surface area contributed by atoms with E-state index in [0.29, 0.717) is 41.0 Å². The van der Waals surface area contributed by atoms with E-state index in [1.54, 1.807) is 23.1 Å². The number of benzene rings is 1. The number of nitrogens with zero attached hydrogens (tertiary/aromatic N) is 2. The first-order chi connectivity index (χ1) is 14.0. The predicted molar refractivity (Wildman–Crippen MR) is 113 cm³/mol. The second kappa shape index (κ2) is 8.59. The van der Waals surface area contributed by atoms with Crippen molar-refractivity contribution in [1.82, 2.24) is 15.2 Å². The van der Waals surface area contributed by atoms with Crippen LogP contribution in [0.5, 0.6) is 5.75 Å². The number of aromatic nitrogens is 1. The molecule has 2 aliphatic rings. The Morgan fingerprint density at radius 2 is 2.10 bits per heavy atom. The average molecular weight is 435 g/mol. The fraction of sp³-hybridized carbons (Fsp3) is 0.450. The molecule has 0 saturated heterocycles. The molecule has 154 valence electrons. The Morgan fingerprint density at radius 3 is 2.86 bits per heavy atom. The Hall–Kier alpha value is -2.32. The van der Waals surface area contributed by atoms with Gasteiger partial charge in [0.15, 0.2) is 5.13 Å². The Balaban J connectivity index is 1.43. The number of rotatable bonds is 4. The van der Waals surface area contributed by atoms with Crippen LogP contribution in [-0.2, 0) is 13.0 Å². The van der Waals surface area contributed by atoms with Gasteiger partial charge >= 0.3 is 6.03 Å². The molecule has 2 heterocycles. The summed E-state index contributed by atoms with van der Waals surface area (Å²) in [7, 11) is 1.53. The molecule has 2 aromatic rings. The van der Waals surface area contributed by atoms with E-state index < -0.39 is 0 Å². The highest BCUT2D eigenvalue weighted by Crippen LogP contribution is 2.31. The summed E-state index contributed by atoms with van der Waals surface area (Å²) in [5, 5.41) is 6.90. The number of hydrogen-bond donors (Lipinski definition) is 2. The van der Waals surface area contributed by atoms with E-state index in [1.165, 1.54) is 18.4 Å². The first-order valence-electron chi connectivity index (χ1n) is 9.72. The number of halogens is 1. The number of anilines is 1. The lowest BCUT2D eigenvalue weighted by atomic mass is 10.1. The van der Waals surface area contributed by atoms with Gasteiger partial charge in [-0.05, 0) is 31.0 Å². The van der Waals surface area contributed by atoms with Gasteiger partial charge in [-0.1, -0.05) is 35.8 Å². The molecular weight excluding hydrogens is 412 g/mol. The van der Waals surface area contributed by atoms with E-state index in [9.17, 15) is 9.59 Å². The molecule has 0 bridgehead atoms. The quantitative estimate of drug-likeness (QED) is 0.759. The van der Waals surface area contributed by atoms with Crippen molar-refractivity contribution in [2.24, 2.45) is 0 Å². The van der Waals surface area contributed by atoms with Crippen LogP contribution in [0, 0.1) is 0 Å². The zero-order chi connectivity index (χ0) is 20.4. The second-order valence-electron chi connectivity index (χ2n) is 7.29. The fourth-order valence-corrected chi connectivity index (χ4v) is 5.02. The Bertz CT molecular complexity index is 926. The summed E-state index contributed by atoms with van der Waals surface area (Å²) >= 11 is 7.49. The van der Waals surface area contributed by atoms with Crippen LogP contribution >= 0.6 is 22.9 Å². The lowest BCUT2D eigenvalue weighted by molar-refractivity contribution is 0.0733. The molecule has 1 aliphatic carbocycles. The smallest absolute Gasteiger partial charge is 0.321 e. The van der Waals surface area contributed by atoms with Crippen LogP contribution in [0.3, 0.4) is 0 Å². The number of methoxy groups -OCH3 is 1. The van der Waals surface area contributed by atoms with Crippen LogP contribution in [0.2, 0.25) is 5.02 Å². The monoisotopic (exact) mass is 434 g/mol. The van der Waals surface area contributed by atoms with E-state index in [2.05, 4.69) is 15.6 Å². The summed E-state index contributed by atoms with van der Waals surface area (Å²) in [6.45, 7) is 1.01. The molecule has 1 aromatic heterocycles. The topological polar surface area (TPSA) is 83.6 Å². The van der Waals surface area contributed by atoms with Crippen molar-refractivity contribution in [2.45, 2.75) is 44.7 Å². The van der Waals surface area contributed by atoms with Crippen molar-refractivity contribution in [3.63, 3.8) is 0 Å². The lowest BCUT2D eigenvalue weighted by Gasteiger charge is -2.26. The lowest BCUT2D eigenvalue weighted by Crippen LogP contribution is -2.36. The number of urea groups is 1. The van der Waals surface area contributed by atoms with E-state index in [4.69, 9.17) is 16.3 Å². The fourth-order valence-electron chi connectivity index (χ4n) is 3.83. The van der Waals surface area contributed by atoms with Crippen LogP contribution in [-0.4, -0.2) is 41.5 Å². The van der Waals surface area contributed by atoms with Gasteiger partial charge < -0.3 is 15.0 Å². The molecule has 7 nitrogen and oxygen atoms in total. The highest BCUT2D eigenvalue weighted by Gasteiger charge is 2.27. The summed E-state index contributed by atoms with van der Waals surface area (Å²) < 4.78 is 5.31. The third kappa shape index (κ3) is 4.48. The minimum absolute atomic E-state index is 0.128. The normalized spacial score (nSPS) is 16.4. The van der Waals surface area contributed by atoms with Crippen molar-refractivity contribution >= 4 is 40.0 Å². The van der Waals surface area contributed by atoms with E-state index in [-0.39, 0.29) is 18.0 Å². The number of fused-ring (bicyclic) bond motifs is 1. The first kappa shape index (κ1) is 20.0. The largest absolute Gasteiger partial charge is 0.496 e. The zero-order valence-corrected chi connectivity index (χ0v) is 17.7. The third-order valence-electron chi connectivity index (χ3n) is 5.32. The number of carbonyl (C=O) groups is 2. The summed E-state index contributed by atoms with van der Waals surface area (Å²) in [4.78, 5) is 32.5. The standard InChI is InChI=1S/C20H23ClN4O3S/c1-28-16-7-6-12(21)10-14(16)18(26)25-9-8-15-17(11-25)29-20(23-15)24-19(27)22-13-4-2-3-5-13/h6-7,10,13H,2-5,8-9,11H2,1H3,(H2,22,23,24,27). The number of nitrogens with one attached hydrogen (secondary N) is 2. The average Bonchev–Trinajstić information content (AvgIpc) is 3.35. The second-order valence-corrected chi connectivity index (χ2v) is 8.81. The first-order valence-corrected chi connectivity index (χ1v) is 10.9. The molecule has 1 aliphatic heterocycles. The Kier molecular flexibility index (Phi) is 5.91. The minimum Gasteiger partial charge on any atom is -0.496 e. The van der Waals surface area contributed by atoms with Gasteiger partial charge in [-0.15, -0.1) is 0 Å². The van der Waals surface area contributed by atoms with Gasteiger partial charge in [0, 0.05) is 28.9 Å². The van der Waals surface area contributed by atoms with Gasteiger partial charge in [-0.25, -0.2) is 9.78 Å². The van der Waals surface area contributed by atoms with Crippen LogP contribution < -0.4 is 15.4 Å². The molecule has 0 spiro atoms. The van der Waals surface area contributed by atoms with Crippen LogP contribution in [0.25, 0.3) is 0 Å². The molecule has 9 heteroatoms. The summed E-state index contributed by atoms with van der Waals surface area (Å²) in [5.74, 6) is 0.373. The van der Waals surface area contributed by atoms with Crippen molar-refractivity contribution in [3.8, 4) is 5.75 Å². The van der Waals surface area contributed by atoms with Crippen molar-refractivity contribution in [3.05, 3.63) is 39.4 Å². The van der Waals surface area contributed by atoms with Gasteiger partial charge in [0.05, 0.1) is 24.9 Å². The number of ether oxygens (including phenoxy) is 1. The highest BCUT2D eigenvalue weighted by molar-refractivity contribution is 7.15. The van der Waals surface area contributed by atoms with Gasteiger partial charge in [-0.3, -0.25) is 10.1 Å². The van der Waals surface area contributed by atoms with Crippen molar-refractivity contribution in [1.29, 1.82) is 0 Å². The van der Waals surface area contributed by atoms with E-state index in [0.717, 1.165) is 36.3 Å². The molecule has 3 amide bonds. The maximum Gasteiger partial charge on any atom is 0.321 e. The number of thiazole rings is 1. The summed E-state index contributed by atoms with van der Waals surface area (Å²) in [6, 6.07) is 5.07. The van der Waals surface area contributed by atoms with E-state index >= 15 is 0 Å². The molecule has 0 unspecified atom stereocenters. The van der Waals surface area contributed by atoms with Gasteiger partial charge in [0.2, 0.25) is 0 Å². The molecule has 4 rings (SSSR count). The van der Waals surface area contributed by atoms with Gasteiger partial charge in [-0.2, -0.15) is 0 Å². The van der Waals surface area contributed by atoms with E-state index in [1.807, 2.05) is 0 Å². The molecule has 1 fully saturated rings. The number of carbonyl (C=O) groups excluding carboxylic acids is 2. The maximum absolute atomic E-state index is 13.0. The Morgan fingerprint density at radius 1 is 1.31 bits per heavy atom. The number of hydrogen-bond acceptors (Lipinski definition) is 5. The zero-order valence-electron chi connectivity index (χ0n) is 16.2. The van der Waals surface area contributed by atoms with Crippen molar-refractivity contribution < 1.29 is 14.3 Å². The number of amides is 3. The van der Waals surface area contributed by atoms with Crippen LogP contribution in [0.15, 0.2) is 18.2 Å². The van der Waals surface area contributed by atoms with Crippen LogP contribution in [0.4, 0.5) is 9.93 Å². The molecule has 1 saturated carbocycles. The Labute approximate surface area is 178 Å².